The van der Waals surface area contributed by atoms with Crippen LogP contribution in [-0.4, -0.2) is 12.1 Å². The minimum absolute atomic E-state index is 0.128. The summed E-state index contributed by atoms with van der Waals surface area (Å²) in [5.74, 6) is 0.545. The first-order valence-electron chi connectivity index (χ1n) is 7.02. The third kappa shape index (κ3) is 2.68. The number of aromatic nitrogens is 1. The number of nitrogens with zero attached hydrogens (tertiary/aromatic N) is 1. The zero-order valence-electron chi connectivity index (χ0n) is 11.8. The molecule has 0 aliphatic heterocycles. The summed E-state index contributed by atoms with van der Waals surface area (Å²) in [5, 5.41) is 1.06. The largest absolute Gasteiger partial charge is 0.481 e. The maximum atomic E-state index is 7.29. The number of methoxy groups -OCH3 is 1. The maximum absolute atomic E-state index is 7.29. The molecule has 3 heteroatoms. The van der Waals surface area contributed by atoms with Gasteiger partial charge in [-0.25, -0.2) is 4.98 Å². The van der Waals surface area contributed by atoms with E-state index >= 15 is 0 Å². The van der Waals surface area contributed by atoms with Crippen LogP contribution < -0.4 is 4.74 Å². The van der Waals surface area contributed by atoms with Gasteiger partial charge in [-0.05, 0) is 29.8 Å². The number of halogens is 1. The molecule has 20 heavy (non-hydrogen) atoms. The zero-order valence-corrected chi connectivity index (χ0v) is 12.4. The monoisotopic (exact) mass is 328 g/mol. The number of fused-ring (bicyclic) bond motifs is 1. The van der Waals surface area contributed by atoms with Crippen LogP contribution >= 0.6 is 15.9 Å². The summed E-state index contributed by atoms with van der Waals surface area (Å²) < 4.78 is 13.7. The van der Waals surface area contributed by atoms with Gasteiger partial charge in [0.2, 0.25) is 5.88 Å². The lowest BCUT2D eigenvalue weighted by Crippen LogP contribution is -1.97. The molecule has 1 aromatic heterocycles. The molecule has 0 atom stereocenters. The Morgan fingerprint density at radius 2 is 2.00 bits per heavy atom. The van der Waals surface area contributed by atoms with Crippen LogP contribution in [0.15, 0.2) is 59.1 Å². The molecule has 0 aliphatic rings. The van der Waals surface area contributed by atoms with Crippen LogP contribution in [-0.2, 0) is 6.42 Å². The first-order chi connectivity index (χ1) is 10.3. The van der Waals surface area contributed by atoms with Gasteiger partial charge in [0, 0.05) is 21.8 Å². The van der Waals surface area contributed by atoms with Crippen LogP contribution in [0.4, 0.5) is 0 Å². The van der Waals surface area contributed by atoms with E-state index in [0.29, 0.717) is 5.88 Å². The summed E-state index contributed by atoms with van der Waals surface area (Å²) in [6.45, 7) is 0. The molecule has 3 aromatic rings. The third-order valence-electron chi connectivity index (χ3n) is 3.19. The van der Waals surface area contributed by atoms with Gasteiger partial charge in [0.25, 0.3) is 0 Å². The van der Waals surface area contributed by atoms with Crippen molar-refractivity contribution in [2.75, 3.05) is 7.09 Å². The summed E-state index contributed by atoms with van der Waals surface area (Å²) in [6.07, 6.45) is 0.742. The Bertz CT molecular complexity index is 761. The van der Waals surface area contributed by atoms with Crippen molar-refractivity contribution in [1.29, 1.82) is 0 Å². The molecule has 1 heterocycles. The molecule has 2 nitrogen and oxygen atoms in total. The number of rotatable bonds is 3. The average molecular weight is 329 g/mol. The van der Waals surface area contributed by atoms with Crippen LogP contribution in [0.2, 0.25) is 0 Å². The van der Waals surface area contributed by atoms with E-state index in [2.05, 4.69) is 39.1 Å². The minimum Gasteiger partial charge on any atom is -0.481 e. The quantitative estimate of drug-likeness (QED) is 0.701. The molecule has 100 valence electrons. The third-order valence-corrected chi connectivity index (χ3v) is 3.68. The van der Waals surface area contributed by atoms with Crippen LogP contribution in [0.1, 0.15) is 12.5 Å². The highest BCUT2D eigenvalue weighted by Gasteiger charge is 2.08. The second-order valence-corrected chi connectivity index (χ2v) is 5.51. The highest BCUT2D eigenvalue weighted by Crippen LogP contribution is 2.26. The van der Waals surface area contributed by atoms with E-state index in [0.717, 1.165) is 27.4 Å². The lowest BCUT2D eigenvalue weighted by molar-refractivity contribution is 0.395. The molecule has 2 aromatic carbocycles. The molecular weight excluding hydrogens is 314 g/mol. The van der Waals surface area contributed by atoms with Crippen molar-refractivity contribution < 1.29 is 6.11 Å². The van der Waals surface area contributed by atoms with Gasteiger partial charge in [-0.3, -0.25) is 0 Å². The van der Waals surface area contributed by atoms with Crippen molar-refractivity contribution in [3.05, 3.63) is 70.2 Å². The Labute approximate surface area is 128 Å². The topological polar surface area (TPSA) is 22.1 Å². The fourth-order valence-electron chi connectivity index (χ4n) is 2.24. The van der Waals surface area contributed by atoms with E-state index in [1.165, 1.54) is 5.56 Å². The lowest BCUT2D eigenvalue weighted by atomic mass is 10.0. The van der Waals surface area contributed by atoms with E-state index in [9.17, 15) is 0 Å². The SMILES string of the molecule is [2H]COc1nc2ccc(Br)cc2cc1Cc1ccccc1. The minimum atomic E-state index is -0.128. The number of hydrogen-bond acceptors (Lipinski definition) is 2. The summed E-state index contributed by atoms with van der Waals surface area (Å²) >= 11 is 3.48. The predicted molar refractivity (Wildman–Crippen MR) is 85.2 cm³/mol. The van der Waals surface area contributed by atoms with Gasteiger partial charge in [-0.1, -0.05) is 46.3 Å². The van der Waals surface area contributed by atoms with Gasteiger partial charge in [-0.2, -0.15) is 0 Å². The Morgan fingerprint density at radius 3 is 2.80 bits per heavy atom. The van der Waals surface area contributed by atoms with Crippen LogP contribution in [0, 0.1) is 0 Å². The van der Waals surface area contributed by atoms with Crippen molar-refractivity contribution >= 4 is 26.8 Å². The molecule has 0 saturated carbocycles. The fraction of sp³-hybridized carbons (Fsp3) is 0.118. The van der Waals surface area contributed by atoms with E-state index in [1.807, 2.05) is 36.4 Å². The maximum Gasteiger partial charge on any atom is 0.217 e. The molecule has 0 fully saturated rings. The normalized spacial score (nSPS) is 11.3. The summed E-state index contributed by atoms with van der Waals surface area (Å²) in [7, 11) is -0.128. The molecule has 3 rings (SSSR count). The Balaban J connectivity index is 2.07. The molecule has 0 aliphatic carbocycles. The molecule has 0 amide bonds. The smallest absolute Gasteiger partial charge is 0.217 e. The zero-order chi connectivity index (χ0) is 14.7. The van der Waals surface area contributed by atoms with E-state index in [1.54, 1.807) is 0 Å². The van der Waals surface area contributed by atoms with E-state index in [4.69, 9.17) is 6.11 Å². The predicted octanol–water partition coefficient (Wildman–Crippen LogP) is 4.60. The number of pyridine rings is 1. The number of ether oxygens (including phenoxy) is 1. The first kappa shape index (κ1) is 11.9. The summed E-state index contributed by atoms with van der Waals surface area (Å²) in [4.78, 5) is 4.54. The Hall–Kier alpha value is -1.87. The summed E-state index contributed by atoms with van der Waals surface area (Å²) in [6, 6.07) is 18.2. The molecular formula is C17H14BrNO. The van der Waals surface area contributed by atoms with Gasteiger partial charge >= 0.3 is 0 Å². The first-order valence-corrected chi connectivity index (χ1v) is 7.11. The second kappa shape index (κ2) is 5.63. The fourth-order valence-corrected chi connectivity index (χ4v) is 2.62. The number of hydrogen-bond donors (Lipinski definition) is 0. The molecule has 0 unspecified atom stereocenters. The lowest BCUT2D eigenvalue weighted by Gasteiger charge is -2.10. The second-order valence-electron chi connectivity index (χ2n) is 4.60. The Kier molecular flexibility index (Phi) is 3.36. The molecule has 0 bridgehead atoms. The molecule has 0 radical (unpaired) electrons. The van der Waals surface area contributed by atoms with Gasteiger partial charge in [0.05, 0.1) is 14.0 Å². The van der Waals surface area contributed by atoms with E-state index in [-0.39, 0.29) is 7.09 Å². The molecule has 0 spiro atoms. The van der Waals surface area contributed by atoms with Gasteiger partial charge in [-0.15, -0.1) is 0 Å². The standard InChI is InChI=1S/C17H14BrNO/c1-20-17-14(9-12-5-3-2-4-6-12)10-13-11-15(18)7-8-16(13)19-17/h2-8,10-11H,9H2,1H3/i1D. The van der Waals surface area contributed by atoms with Gasteiger partial charge < -0.3 is 4.74 Å². The van der Waals surface area contributed by atoms with Crippen molar-refractivity contribution in [3.8, 4) is 5.88 Å². The van der Waals surface area contributed by atoms with Crippen molar-refractivity contribution in [2.24, 2.45) is 0 Å². The van der Waals surface area contributed by atoms with Crippen molar-refractivity contribution in [1.82, 2.24) is 4.98 Å². The molecule has 0 saturated heterocycles. The Morgan fingerprint density at radius 1 is 1.15 bits per heavy atom. The number of benzene rings is 2. The summed E-state index contributed by atoms with van der Waals surface area (Å²) in [5.41, 5.74) is 3.07. The average Bonchev–Trinajstić information content (AvgIpc) is 2.49. The van der Waals surface area contributed by atoms with Crippen molar-refractivity contribution in [2.45, 2.75) is 6.42 Å². The van der Waals surface area contributed by atoms with Gasteiger partial charge in [0.1, 0.15) is 0 Å². The van der Waals surface area contributed by atoms with Crippen LogP contribution in [0.3, 0.4) is 0 Å². The molecule has 0 N–H and O–H groups in total. The van der Waals surface area contributed by atoms with Crippen molar-refractivity contribution in [3.63, 3.8) is 0 Å². The van der Waals surface area contributed by atoms with Gasteiger partial charge in [0.15, 0.2) is 0 Å². The van der Waals surface area contributed by atoms with Crippen LogP contribution in [0.25, 0.3) is 10.9 Å². The van der Waals surface area contributed by atoms with E-state index < -0.39 is 0 Å². The highest BCUT2D eigenvalue weighted by atomic mass is 79.9. The highest BCUT2D eigenvalue weighted by molar-refractivity contribution is 9.10. The van der Waals surface area contributed by atoms with Crippen LogP contribution in [0.5, 0.6) is 5.88 Å².